The zero-order valence-corrected chi connectivity index (χ0v) is 8.05. The van der Waals surface area contributed by atoms with Crippen LogP contribution in [0.25, 0.3) is 0 Å². The molecule has 1 saturated heterocycles. The van der Waals surface area contributed by atoms with Crippen molar-refractivity contribution in [3.63, 3.8) is 0 Å². The molecule has 0 aromatic carbocycles. The van der Waals surface area contributed by atoms with Crippen LogP contribution in [0.1, 0.15) is 6.42 Å². The number of nitrogens with zero attached hydrogens (tertiary/aromatic N) is 1. The van der Waals surface area contributed by atoms with Crippen molar-refractivity contribution in [2.24, 2.45) is 5.73 Å². The first-order valence-corrected chi connectivity index (χ1v) is 4.68. The first kappa shape index (κ1) is 10.3. The smallest absolute Gasteiger partial charge is 0.317 e. The highest BCUT2D eigenvalue weighted by Gasteiger charge is 2.28. The zero-order valence-electron chi connectivity index (χ0n) is 8.05. The van der Waals surface area contributed by atoms with E-state index in [1.165, 1.54) is 0 Å². The molecule has 0 spiro atoms. The molecule has 1 aliphatic heterocycles. The van der Waals surface area contributed by atoms with Gasteiger partial charge in [0, 0.05) is 26.2 Å². The Morgan fingerprint density at radius 1 is 1.62 bits per heavy atom. The van der Waals surface area contributed by atoms with Gasteiger partial charge in [-0.3, -0.25) is 0 Å². The fraction of sp³-hybridized carbons (Fsp3) is 0.875. The minimum absolute atomic E-state index is 0.0110. The fourth-order valence-corrected chi connectivity index (χ4v) is 1.34. The normalized spacial score (nSPS) is 16.9. The van der Waals surface area contributed by atoms with Crippen molar-refractivity contribution in [2.75, 3.05) is 33.2 Å². The van der Waals surface area contributed by atoms with Gasteiger partial charge >= 0.3 is 6.03 Å². The summed E-state index contributed by atoms with van der Waals surface area (Å²) >= 11 is 0. The minimum Gasteiger partial charge on any atom is -0.341 e. The van der Waals surface area contributed by atoms with E-state index in [9.17, 15) is 4.79 Å². The third-order valence-corrected chi connectivity index (χ3v) is 2.20. The van der Waals surface area contributed by atoms with E-state index in [-0.39, 0.29) is 6.03 Å². The number of nitrogens with one attached hydrogen (secondary N) is 2. The first-order valence-electron chi connectivity index (χ1n) is 4.68. The van der Waals surface area contributed by atoms with Gasteiger partial charge in [0.2, 0.25) is 0 Å². The molecule has 0 atom stereocenters. The summed E-state index contributed by atoms with van der Waals surface area (Å²) in [6.45, 7) is 3.29. The van der Waals surface area contributed by atoms with Crippen LogP contribution in [0.4, 0.5) is 4.79 Å². The van der Waals surface area contributed by atoms with E-state index < -0.39 is 0 Å². The van der Waals surface area contributed by atoms with Gasteiger partial charge in [0.05, 0.1) is 0 Å². The van der Waals surface area contributed by atoms with E-state index in [0.29, 0.717) is 6.04 Å². The molecule has 1 heterocycles. The summed E-state index contributed by atoms with van der Waals surface area (Å²) in [5.74, 6) is 0. The molecule has 2 amide bonds. The van der Waals surface area contributed by atoms with Crippen LogP contribution < -0.4 is 16.4 Å². The summed E-state index contributed by atoms with van der Waals surface area (Å²) in [4.78, 5) is 12.8. The molecule has 0 unspecified atom stereocenters. The summed E-state index contributed by atoms with van der Waals surface area (Å²) in [6, 6.07) is 0.473. The Morgan fingerprint density at radius 2 is 2.31 bits per heavy atom. The zero-order chi connectivity index (χ0) is 9.68. The third kappa shape index (κ3) is 2.86. The highest BCUT2D eigenvalue weighted by molar-refractivity contribution is 5.74. The monoisotopic (exact) mass is 186 g/mol. The molecule has 76 valence electrons. The number of hydrogen-bond acceptors (Lipinski definition) is 3. The van der Waals surface area contributed by atoms with Crippen molar-refractivity contribution >= 4 is 6.03 Å². The molecule has 1 rings (SSSR count). The lowest BCUT2D eigenvalue weighted by molar-refractivity contribution is 0.140. The lowest BCUT2D eigenvalue weighted by atomic mass is 10.1. The van der Waals surface area contributed by atoms with E-state index in [4.69, 9.17) is 5.73 Å². The highest BCUT2D eigenvalue weighted by atomic mass is 16.2. The van der Waals surface area contributed by atoms with Gasteiger partial charge in [0.15, 0.2) is 0 Å². The molecule has 0 radical (unpaired) electrons. The van der Waals surface area contributed by atoms with E-state index in [2.05, 4.69) is 10.6 Å². The SMILES string of the molecule is CNC(=O)N1CC(NCCCN)C1. The number of rotatable bonds is 4. The topological polar surface area (TPSA) is 70.4 Å². The first-order chi connectivity index (χ1) is 6.27. The average Bonchev–Trinajstić information content (AvgIpc) is 2.08. The van der Waals surface area contributed by atoms with Crippen LogP contribution in [0, 0.1) is 0 Å². The van der Waals surface area contributed by atoms with Crippen molar-refractivity contribution in [2.45, 2.75) is 12.5 Å². The molecule has 4 N–H and O–H groups in total. The van der Waals surface area contributed by atoms with Gasteiger partial charge in [-0.25, -0.2) is 4.79 Å². The van der Waals surface area contributed by atoms with Crippen LogP contribution in [0.5, 0.6) is 0 Å². The predicted molar refractivity (Wildman–Crippen MR) is 51.5 cm³/mol. The Balaban J connectivity index is 2.01. The number of nitrogens with two attached hydrogens (primary N) is 1. The molecule has 1 aliphatic rings. The molecule has 0 saturated carbocycles. The van der Waals surface area contributed by atoms with Crippen LogP contribution in [0.3, 0.4) is 0 Å². The molecular weight excluding hydrogens is 168 g/mol. The predicted octanol–water partition coefficient (Wildman–Crippen LogP) is -1.05. The summed E-state index contributed by atoms with van der Waals surface area (Å²) < 4.78 is 0. The summed E-state index contributed by atoms with van der Waals surface area (Å²) in [5, 5.41) is 5.92. The van der Waals surface area contributed by atoms with Gasteiger partial charge in [-0.2, -0.15) is 0 Å². The van der Waals surface area contributed by atoms with Crippen LogP contribution in [-0.4, -0.2) is 50.2 Å². The standard InChI is InChI=1S/C8H18N4O/c1-10-8(13)12-5-7(6-12)11-4-2-3-9/h7,11H,2-6,9H2,1H3,(H,10,13). The second kappa shape index (κ2) is 5.04. The van der Waals surface area contributed by atoms with Gasteiger partial charge in [-0.15, -0.1) is 0 Å². The number of carbonyl (C=O) groups is 1. The lowest BCUT2D eigenvalue weighted by Crippen LogP contribution is -2.61. The number of hydrogen-bond donors (Lipinski definition) is 3. The maximum Gasteiger partial charge on any atom is 0.317 e. The Hall–Kier alpha value is -0.810. The Morgan fingerprint density at radius 3 is 2.85 bits per heavy atom. The second-order valence-electron chi connectivity index (χ2n) is 3.25. The van der Waals surface area contributed by atoms with E-state index in [0.717, 1.165) is 32.6 Å². The van der Waals surface area contributed by atoms with Crippen LogP contribution in [0.15, 0.2) is 0 Å². The van der Waals surface area contributed by atoms with Crippen molar-refractivity contribution in [3.8, 4) is 0 Å². The largest absolute Gasteiger partial charge is 0.341 e. The molecular formula is C8H18N4O. The number of carbonyl (C=O) groups excluding carboxylic acids is 1. The van der Waals surface area contributed by atoms with Crippen molar-refractivity contribution in [3.05, 3.63) is 0 Å². The van der Waals surface area contributed by atoms with Crippen molar-refractivity contribution in [1.29, 1.82) is 0 Å². The molecule has 0 aromatic heterocycles. The Kier molecular flexibility index (Phi) is 3.98. The third-order valence-electron chi connectivity index (χ3n) is 2.20. The highest BCUT2D eigenvalue weighted by Crippen LogP contribution is 2.06. The molecule has 13 heavy (non-hydrogen) atoms. The minimum atomic E-state index is 0.0110. The number of likely N-dealkylation sites (tertiary alicyclic amines) is 1. The Bertz CT molecular complexity index is 168. The molecule has 5 heteroatoms. The maximum absolute atomic E-state index is 11.0. The van der Waals surface area contributed by atoms with Gasteiger partial charge in [-0.05, 0) is 19.5 Å². The summed E-state index contributed by atoms with van der Waals surface area (Å²) in [7, 11) is 1.65. The van der Waals surface area contributed by atoms with E-state index in [1.807, 2.05) is 0 Å². The lowest BCUT2D eigenvalue weighted by Gasteiger charge is -2.39. The number of urea groups is 1. The van der Waals surface area contributed by atoms with Gasteiger partial charge in [0.1, 0.15) is 0 Å². The van der Waals surface area contributed by atoms with Crippen molar-refractivity contribution in [1.82, 2.24) is 15.5 Å². The average molecular weight is 186 g/mol. The van der Waals surface area contributed by atoms with Gasteiger partial charge in [-0.1, -0.05) is 0 Å². The van der Waals surface area contributed by atoms with Crippen molar-refractivity contribution < 1.29 is 4.79 Å². The molecule has 0 aromatic rings. The van der Waals surface area contributed by atoms with Gasteiger partial charge in [0.25, 0.3) is 0 Å². The van der Waals surface area contributed by atoms with E-state index in [1.54, 1.807) is 11.9 Å². The summed E-state index contributed by atoms with van der Waals surface area (Å²) in [6.07, 6.45) is 0.997. The molecule has 1 fully saturated rings. The summed E-state index contributed by atoms with van der Waals surface area (Å²) in [5.41, 5.74) is 5.36. The van der Waals surface area contributed by atoms with Crippen LogP contribution in [-0.2, 0) is 0 Å². The number of amides is 2. The van der Waals surface area contributed by atoms with Crippen LogP contribution >= 0.6 is 0 Å². The molecule has 0 aliphatic carbocycles. The molecule has 5 nitrogen and oxygen atoms in total. The van der Waals surface area contributed by atoms with Gasteiger partial charge < -0.3 is 21.3 Å². The van der Waals surface area contributed by atoms with Crippen LogP contribution in [0.2, 0.25) is 0 Å². The molecule has 0 bridgehead atoms. The maximum atomic E-state index is 11.0. The fourth-order valence-electron chi connectivity index (χ4n) is 1.34. The van der Waals surface area contributed by atoms with E-state index >= 15 is 0 Å². The second-order valence-corrected chi connectivity index (χ2v) is 3.25. The Labute approximate surface area is 78.6 Å². The quantitative estimate of drug-likeness (QED) is 0.491.